The first-order chi connectivity index (χ1) is 13.5. The molecule has 2 heterocycles. The summed E-state index contributed by atoms with van der Waals surface area (Å²) in [5.41, 5.74) is 2.48. The molecule has 2 amide bonds. The van der Waals surface area contributed by atoms with E-state index in [1.807, 2.05) is 13.8 Å². The summed E-state index contributed by atoms with van der Waals surface area (Å²) in [7, 11) is 0. The van der Waals surface area contributed by atoms with Crippen LogP contribution < -0.4 is 21.0 Å². The van der Waals surface area contributed by atoms with Gasteiger partial charge in [0, 0.05) is 10.4 Å². The predicted molar refractivity (Wildman–Crippen MR) is 108 cm³/mol. The molecule has 3 aromatic rings. The Morgan fingerprint density at radius 1 is 1.21 bits per heavy atom. The maximum absolute atomic E-state index is 12.5. The summed E-state index contributed by atoms with van der Waals surface area (Å²) in [6.45, 7) is 4.13. The number of ether oxygens (including phenoxy) is 1. The molecule has 0 bridgehead atoms. The molecule has 0 spiro atoms. The Bertz CT molecular complexity index is 1060. The van der Waals surface area contributed by atoms with E-state index in [9.17, 15) is 14.4 Å². The number of amides is 2. The molecule has 3 rings (SSSR count). The van der Waals surface area contributed by atoms with Crippen molar-refractivity contribution in [2.45, 2.75) is 20.3 Å². The lowest BCUT2D eigenvalue weighted by Gasteiger charge is -2.09. The molecule has 0 atom stereocenters. The summed E-state index contributed by atoms with van der Waals surface area (Å²) in [4.78, 5) is 42.6. The quantitative estimate of drug-likeness (QED) is 0.631. The van der Waals surface area contributed by atoms with Gasteiger partial charge in [0.25, 0.3) is 17.4 Å². The summed E-state index contributed by atoms with van der Waals surface area (Å²) in [6, 6.07) is 8.38. The average molecular weight is 400 g/mol. The molecule has 0 saturated heterocycles. The van der Waals surface area contributed by atoms with Gasteiger partial charge in [-0.25, -0.2) is 9.66 Å². The van der Waals surface area contributed by atoms with Gasteiger partial charge in [-0.15, -0.1) is 11.3 Å². The molecular weight excluding hydrogens is 380 g/mol. The number of hydrogen-bond donors (Lipinski definition) is 2. The number of nitrogens with one attached hydrogen (secondary N) is 2. The standard InChI is InChI=1S/C19H20N4O4S/c1-3-14-9-15-18(28-14)21-11-23(19(15)26)22-16(24)10-20-17(25)12-5-7-13(8-6-12)27-4-2/h5-9,11H,3-4,10H2,1-2H3,(H,20,25)(H,22,24). The van der Waals surface area contributed by atoms with Crippen molar-refractivity contribution in [1.29, 1.82) is 0 Å². The summed E-state index contributed by atoms with van der Waals surface area (Å²) < 4.78 is 6.35. The van der Waals surface area contributed by atoms with Crippen LogP contribution in [0.15, 0.2) is 41.5 Å². The fourth-order valence-corrected chi connectivity index (χ4v) is 3.46. The normalized spacial score (nSPS) is 10.6. The summed E-state index contributed by atoms with van der Waals surface area (Å²) in [6.07, 6.45) is 2.08. The number of rotatable bonds is 7. The van der Waals surface area contributed by atoms with Gasteiger partial charge in [0.15, 0.2) is 0 Å². The van der Waals surface area contributed by atoms with Crippen molar-refractivity contribution in [2.24, 2.45) is 0 Å². The summed E-state index contributed by atoms with van der Waals surface area (Å²) >= 11 is 1.45. The monoisotopic (exact) mass is 400 g/mol. The molecule has 1 aromatic carbocycles. The van der Waals surface area contributed by atoms with E-state index < -0.39 is 11.8 Å². The van der Waals surface area contributed by atoms with Gasteiger partial charge in [0.1, 0.15) is 16.9 Å². The Morgan fingerprint density at radius 2 is 1.96 bits per heavy atom. The minimum atomic E-state index is -0.534. The fraction of sp³-hybridized carbons (Fsp3) is 0.263. The second-order valence-electron chi connectivity index (χ2n) is 5.88. The molecule has 0 aliphatic carbocycles. The van der Waals surface area contributed by atoms with Gasteiger partial charge in [0.05, 0.1) is 18.5 Å². The molecular formula is C19H20N4O4S. The Hall–Kier alpha value is -3.20. The second-order valence-corrected chi connectivity index (χ2v) is 7.00. The molecule has 0 saturated carbocycles. The molecule has 2 aromatic heterocycles. The Balaban J connectivity index is 1.61. The summed E-state index contributed by atoms with van der Waals surface area (Å²) in [5.74, 6) is -0.267. The van der Waals surface area contributed by atoms with Gasteiger partial charge in [-0.2, -0.15) is 0 Å². The minimum absolute atomic E-state index is 0.277. The first-order valence-electron chi connectivity index (χ1n) is 8.82. The highest BCUT2D eigenvalue weighted by molar-refractivity contribution is 7.18. The number of thiophene rings is 1. The van der Waals surface area contributed by atoms with E-state index in [1.165, 1.54) is 17.7 Å². The van der Waals surface area contributed by atoms with Crippen LogP contribution in [0, 0.1) is 0 Å². The third-order valence-corrected chi connectivity index (χ3v) is 5.12. The first kappa shape index (κ1) is 19.6. The molecule has 9 heteroatoms. The van der Waals surface area contributed by atoms with Gasteiger partial charge in [0.2, 0.25) is 0 Å². The zero-order valence-corrected chi connectivity index (χ0v) is 16.3. The largest absolute Gasteiger partial charge is 0.494 e. The van der Waals surface area contributed by atoms with E-state index in [-0.39, 0.29) is 12.1 Å². The van der Waals surface area contributed by atoms with Crippen LogP contribution in [0.2, 0.25) is 0 Å². The maximum atomic E-state index is 12.5. The van der Waals surface area contributed by atoms with Crippen molar-refractivity contribution in [2.75, 3.05) is 18.6 Å². The van der Waals surface area contributed by atoms with Gasteiger partial charge in [-0.1, -0.05) is 6.92 Å². The number of hydrogen-bond acceptors (Lipinski definition) is 6. The number of aromatic nitrogens is 2. The molecule has 146 valence electrons. The molecule has 0 fully saturated rings. The highest BCUT2D eigenvalue weighted by Gasteiger charge is 2.12. The van der Waals surface area contributed by atoms with Crippen molar-refractivity contribution in [3.63, 3.8) is 0 Å². The van der Waals surface area contributed by atoms with Crippen LogP contribution in [0.1, 0.15) is 29.1 Å². The fourth-order valence-electron chi connectivity index (χ4n) is 2.53. The SMILES string of the molecule is CCOc1ccc(C(=O)NCC(=O)Nn2cnc3sc(CC)cc3c2=O)cc1. The smallest absolute Gasteiger partial charge is 0.280 e. The molecule has 8 nitrogen and oxygen atoms in total. The zero-order chi connectivity index (χ0) is 20.1. The summed E-state index contributed by atoms with van der Waals surface area (Å²) in [5, 5.41) is 2.98. The Labute approximate surface area is 165 Å². The van der Waals surface area contributed by atoms with Crippen molar-refractivity contribution < 1.29 is 14.3 Å². The van der Waals surface area contributed by atoms with E-state index >= 15 is 0 Å². The maximum Gasteiger partial charge on any atom is 0.280 e. The third kappa shape index (κ3) is 4.37. The topological polar surface area (TPSA) is 102 Å². The number of fused-ring (bicyclic) bond motifs is 1. The van der Waals surface area contributed by atoms with Gasteiger partial charge in [-0.3, -0.25) is 19.8 Å². The molecule has 0 aliphatic rings. The lowest BCUT2D eigenvalue weighted by molar-refractivity contribution is -0.116. The molecule has 28 heavy (non-hydrogen) atoms. The molecule has 0 unspecified atom stereocenters. The van der Waals surface area contributed by atoms with Crippen LogP contribution >= 0.6 is 11.3 Å². The van der Waals surface area contributed by atoms with Crippen LogP contribution in [0.5, 0.6) is 5.75 Å². The number of aryl methyl sites for hydroxylation is 1. The highest BCUT2D eigenvalue weighted by Crippen LogP contribution is 2.20. The van der Waals surface area contributed by atoms with Crippen LogP contribution in [0.3, 0.4) is 0 Å². The highest BCUT2D eigenvalue weighted by atomic mass is 32.1. The van der Waals surface area contributed by atoms with Crippen LogP contribution in [-0.4, -0.2) is 34.6 Å². The Kier molecular flexibility index (Phi) is 6.05. The lowest BCUT2D eigenvalue weighted by atomic mass is 10.2. The van der Waals surface area contributed by atoms with E-state index in [4.69, 9.17) is 4.74 Å². The molecule has 0 radical (unpaired) electrons. The zero-order valence-electron chi connectivity index (χ0n) is 15.5. The van der Waals surface area contributed by atoms with Crippen molar-refractivity contribution >= 4 is 33.4 Å². The van der Waals surface area contributed by atoms with E-state index in [0.717, 1.165) is 16.0 Å². The van der Waals surface area contributed by atoms with Gasteiger partial charge < -0.3 is 10.1 Å². The second kappa shape index (κ2) is 8.66. The number of carbonyl (C=O) groups is 2. The first-order valence-corrected chi connectivity index (χ1v) is 9.64. The van der Waals surface area contributed by atoms with Crippen molar-refractivity contribution in [3.05, 3.63) is 57.5 Å². The number of benzene rings is 1. The lowest BCUT2D eigenvalue weighted by Crippen LogP contribution is -2.39. The van der Waals surface area contributed by atoms with Crippen molar-refractivity contribution in [3.8, 4) is 5.75 Å². The van der Waals surface area contributed by atoms with Crippen LogP contribution in [-0.2, 0) is 11.2 Å². The molecule has 2 N–H and O–H groups in total. The molecule has 0 aliphatic heterocycles. The predicted octanol–water partition coefficient (Wildman–Crippen LogP) is 1.92. The Morgan fingerprint density at radius 3 is 2.64 bits per heavy atom. The number of nitrogens with zero attached hydrogens (tertiary/aromatic N) is 2. The van der Waals surface area contributed by atoms with Crippen LogP contribution in [0.4, 0.5) is 0 Å². The van der Waals surface area contributed by atoms with E-state index in [2.05, 4.69) is 15.7 Å². The minimum Gasteiger partial charge on any atom is -0.494 e. The average Bonchev–Trinajstić information content (AvgIpc) is 3.13. The van der Waals surface area contributed by atoms with E-state index in [1.54, 1.807) is 30.3 Å². The van der Waals surface area contributed by atoms with Gasteiger partial charge in [-0.05, 0) is 43.7 Å². The number of carbonyl (C=O) groups excluding carboxylic acids is 2. The van der Waals surface area contributed by atoms with E-state index in [0.29, 0.717) is 28.1 Å². The van der Waals surface area contributed by atoms with Gasteiger partial charge >= 0.3 is 0 Å². The third-order valence-electron chi connectivity index (χ3n) is 3.93. The van der Waals surface area contributed by atoms with Crippen LogP contribution in [0.25, 0.3) is 10.2 Å². The van der Waals surface area contributed by atoms with Crippen molar-refractivity contribution in [1.82, 2.24) is 15.0 Å².